The number of epoxide rings is 1. The van der Waals surface area contributed by atoms with Crippen molar-refractivity contribution in [3.63, 3.8) is 0 Å². The van der Waals surface area contributed by atoms with E-state index in [0.717, 1.165) is 19.3 Å². The summed E-state index contributed by atoms with van der Waals surface area (Å²) in [5, 5.41) is -1.24. The molecular formula is C11H19ClO3. The number of methoxy groups -OCH3 is 1. The Morgan fingerprint density at radius 1 is 1.53 bits per heavy atom. The van der Waals surface area contributed by atoms with Crippen molar-refractivity contribution in [2.24, 2.45) is 5.92 Å². The Labute approximate surface area is 96.1 Å². The first kappa shape index (κ1) is 12.8. The van der Waals surface area contributed by atoms with E-state index >= 15 is 0 Å². The van der Waals surface area contributed by atoms with Gasteiger partial charge in [-0.1, -0.05) is 38.8 Å². The van der Waals surface area contributed by atoms with Gasteiger partial charge in [-0.2, -0.15) is 0 Å². The van der Waals surface area contributed by atoms with E-state index in [1.807, 2.05) is 6.92 Å². The second kappa shape index (κ2) is 4.30. The van der Waals surface area contributed by atoms with Crippen LogP contribution in [0.3, 0.4) is 0 Å². The zero-order valence-corrected chi connectivity index (χ0v) is 10.6. The van der Waals surface area contributed by atoms with Crippen LogP contribution in [0.5, 0.6) is 0 Å². The van der Waals surface area contributed by atoms with Crippen LogP contribution in [0.15, 0.2) is 0 Å². The molecule has 0 N–H and O–H groups in total. The van der Waals surface area contributed by atoms with E-state index in [1.54, 1.807) is 0 Å². The molecular weight excluding hydrogens is 216 g/mol. The molecule has 0 aromatic carbocycles. The van der Waals surface area contributed by atoms with Crippen LogP contribution in [0.2, 0.25) is 0 Å². The van der Waals surface area contributed by atoms with E-state index in [4.69, 9.17) is 16.3 Å². The number of hydrogen-bond acceptors (Lipinski definition) is 3. The lowest BCUT2D eigenvalue weighted by Gasteiger charge is -2.16. The highest BCUT2D eigenvalue weighted by molar-refractivity contribution is 6.35. The van der Waals surface area contributed by atoms with Crippen LogP contribution in [0.4, 0.5) is 0 Å². The summed E-state index contributed by atoms with van der Waals surface area (Å²) >= 11 is 6.12. The molecule has 1 fully saturated rings. The molecule has 15 heavy (non-hydrogen) atoms. The van der Waals surface area contributed by atoms with Crippen molar-refractivity contribution in [1.82, 2.24) is 0 Å². The number of rotatable bonds is 5. The van der Waals surface area contributed by atoms with Gasteiger partial charge in [0.2, 0.25) is 0 Å². The van der Waals surface area contributed by atoms with Crippen molar-refractivity contribution < 1.29 is 14.3 Å². The second-order valence-electron chi connectivity index (χ2n) is 4.25. The molecule has 1 heterocycles. The normalized spacial score (nSPS) is 36.1. The third kappa shape index (κ3) is 2.00. The SMILES string of the molecule is CCC(C)CC1(CC)OC1(Cl)C(=O)OC. The van der Waals surface area contributed by atoms with Crippen LogP contribution in [-0.2, 0) is 14.3 Å². The Balaban J connectivity index is 2.71. The van der Waals surface area contributed by atoms with Gasteiger partial charge in [-0.25, -0.2) is 4.79 Å². The Morgan fingerprint density at radius 2 is 2.13 bits per heavy atom. The summed E-state index contributed by atoms with van der Waals surface area (Å²) in [5.74, 6) is 0.0181. The predicted molar refractivity (Wildman–Crippen MR) is 58.8 cm³/mol. The molecule has 0 amide bonds. The van der Waals surface area contributed by atoms with Crippen molar-refractivity contribution in [2.45, 2.75) is 50.7 Å². The first-order valence-electron chi connectivity index (χ1n) is 5.43. The number of hydrogen-bond donors (Lipinski definition) is 0. The number of ether oxygens (including phenoxy) is 2. The van der Waals surface area contributed by atoms with Crippen molar-refractivity contribution in [2.75, 3.05) is 7.11 Å². The fourth-order valence-electron chi connectivity index (χ4n) is 1.93. The summed E-state index contributed by atoms with van der Waals surface area (Å²) in [6, 6.07) is 0. The van der Waals surface area contributed by atoms with Crippen molar-refractivity contribution >= 4 is 17.6 Å². The van der Waals surface area contributed by atoms with Crippen molar-refractivity contribution in [1.29, 1.82) is 0 Å². The molecule has 3 nitrogen and oxygen atoms in total. The Bertz CT molecular complexity index is 256. The van der Waals surface area contributed by atoms with Gasteiger partial charge < -0.3 is 9.47 Å². The summed E-state index contributed by atoms with van der Waals surface area (Å²) in [6.07, 6.45) is 2.59. The number of alkyl halides is 1. The molecule has 0 aliphatic carbocycles. The molecule has 88 valence electrons. The molecule has 0 spiro atoms. The maximum Gasteiger partial charge on any atom is 0.357 e. The molecule has 3 atom stereocenters. The molecule has 4 heteroatoms. The minimum Gasteiger partial charge on any atom is -0.466 e. The van der Waals surface area contributed by atoms with E-state index in [9.17, 15) is 4.79 Å². The average Bonchev–Trinajstić information content (AvgIpc) is 2.84. The number of carbonyl (C=O) groups is 1. The summed E-state index contributed by atoms with van der Waals surface area (Å²) in [7, 11) is 1.33. The zero-order valence-electron chi connectivity index (χ0n) is 9.80. The Hall–Kier alpha value is -0.280. The lowest BCUT2D eigenvalue weighted by molar-refractivity contribution is -0.143. The Kier molecular flexibility index (Phi) is 3.67. The first-order chi connectivity index (χ1) is 6.95. The van der Waals surface area contributed by atoms with Crippen LogP contribution in [0, 0.1) is 5.92 Å². The molecule has 0 aromatic heterocycles. The van der Waals surface area contributed by atoms with Gasteiger partial charge in [0, 0.05) is 0 Å². The van der Waals surface area contributed by atoms with Gasteiger partial charge in [0.15, 0.2) is 0 Å². The van der Waals surface area contributed by atoms with Crippen LogP contribution in [0.1, 0.15) is 40.0 Å². The van der Waals surface area contributed by atoms with E-state index in [0.29, 0.717) is 5.92 Å². The van der Waals surface area contributed by atoms with Gasteiger partial charge in [0.25, 0.3) is 5.06 Å². The lowest BCUT2D eigenvalue weighted by atomic mass is 9.89. The van der Waals surface area contributed by atoms with Crippen molar-refractivity contribution in [3.8, 4) is 0 Å². The quantitative estimate of drug-likeness (QED) is 0.417. The standard InChI is InChI=1S/C11H19ClO3/c1-5-8(3)7-10(6-2)11(12,15-10)9(13)14-4/h8H,5-7H2,1-4H3. The second-order valence-corrected chi connectivity index (χ2v) is 4.79. The molecule has 1 rings (SSSR count). The Morgan fingerprint density at radius 3 is 2.53 bits per heavy atom. The average molecular weight is 235 g/mol. The molecule has 0 aromatic rings. The summed E-state index contributed by atoms with van der Waals surface area (Å²) in [6.45, 7) is 6.23. The third-order valence-electron chi connectivity index (χ3n) is 3.27. The maximum absolute atomic E-state index is 11.5. The maximum atomic E-state index is 11.5. The minimum atomic E-state index is -1.24. The van der Waals surface area contributed by atoms with Gasteiger partial charge in [-0.05, 0) is 18.8 Å². The van der Waals surface area contributed by atoms with E-state index < -0.39 is 16.6 Å². The van der Waals surface area contributed by atoms with Gasteiger partial charge in [0.05, 0.1) is 7.11 Å². The number of carbonyl (C=O) groups excluding carboxylic acids is 1. The summed E-state index contributed by atoms with van der Waals surface area (Å²) in [4.78, 5) is 11.5. The monoisotopic (exact) mass is 234 g/mol. The van der Waals surface area contributed by atoms with Crippen LogP contribution < -0.4 is 0 Å². The smallest absolute Gasteiger partial charge is 0.357 e. The molecule has 0 bridgehead atoms. The zero-order chi connectivity index (χ0) is 11.7. The highest BCUT2D eigenvalue weighted by Gasteiger charge is 2.74. The fourth-order valence-corrected chi connectivity index (χ4v) is 2.36. The van der Waals surface area contributed by atoms with Crippen molar-refractivity contribution in [3.05, 3.63) is 0 Å². The highest BCUT2D eigenvalue weighted by atomic mass is 35.5. The summed E-state index contributed by atoms with van der Waals surface area (Å²) in [5.41, 5.74) is -0.517. The molecule has 0 saturated carbocycles. The molecule has 0 radical (unpaired) electrons. The van der Waals surface area contributed by atoms with Crippen LogP contribution >= 0.6 is 11.6 Å². The van der Waals surface area contributed by atoms with E-state index in [1.165, 1.54) is 7.11 Å². The van der Waals surface area contributed by atoms with Gasteiger partial charge in [-0.15, -0.1) is 0 Å². The first-order valence-corrected chi connectivity index (χ1v) is 5.81. The van der Waals surface area contributed by atoms with E-state index in [2.05, 4.69) is 18.6 Å². The predicted octanol–water partition coefficient (Wildman–Crippen LogP) is 2.71. The minimum absolute atomic E-state index is 0.477. The van der Waals surface area contributed by atoms with Gasteiger partial charge in [0.1, 0.15) is 5.60 Å². The highest BCUT2D eigenvalue weighted by Crippen LogP contribution is 2.57. The lowest BCUT2D eigenvalue weighted by Crippen LogP contribution is -2.31. The summed E-state index contributed by atoms with van der Waals surface area (Å²) < 4.78 is 10.1. The molecule has 1 saturated heterocycles. The number of esters is 1. The van der Waals surface area contributed by atoms with E-state index in [-0.39, 0.29) is 0 Å². The fraction of sp³-hybridized carbons (Fsp3) is 0.909. The van der Waals surface area contributed by atoms with Crippen LogP contribution in [0.25, 0.3) is 0 Å². The molecule has 1 aliphatic rings. The third-order valence-corrected chi connectivity index (χ3v) is 3.85. The molecule has 3 unspecified atom stereocenters. The number of halogens is 1. The topological polar surface area (TPSA) is 38.8 Å². The van der Waals surface area contributed by atoms with Crippen LogP contribution in [-0.4, -0.2) is 23.7 Å². The van der Waals surface area contributed by atoms with Gasteiger partial charge >= 0.3 is 5.97 Å². The largest absolute Gasteiger partial charge is 0.466 e. The molecule has 1 aliphatic heterocycles. The van der Waals surface area contributed by atoms with Gasteiger partial charge in [-0.3, -0.25) is 0 Å².